The SMILES string of the molecule is CC(=O)NCCCN(C)c1cnn(-c2ccc(F)cc2F)c(=O)c1Cl. The molecule has 2 rings (SSSR count). The van der Waals surface area contributed by atoms with Gasteiger partial charge in [-0.3, -0.25) is 9.59 Å². The molecular weight excluding hydrogens is 354 g/mol. The predicted octanol–water partition coefficient (Wildman–Crippen LogP) is 2.13. The highest BCUT2D eigenvalue weighted by molar-refractivity contribution is 6.33. The number of nitrogens with zero attached hydrogens (tertiary/aromatic N) is 3. The molecule has 2 aromatic rings. The van der Waals surface area contributed by atoms with Crippen LogP contribution in [0.5, 0.6) is 0 Å². The molecule has 1 N–H and O–H groups in total. The Morgan fingerprint density at radius 2 is 2.12 bits per heavy atom. The lowest BCUT2D eigenvalue weighted by atomic mass is 10.3. The first-order valence-electron chi connectivity index (χ1n) is 7.50. The zero-order valence-electron chi connectivity index (χ0n) is 13.7. The Kier molecular flexibility index (Phi) is 6.08. The Hall–Kier alpha value is -2.48. The van der Waals surface area contributed by atoms with Crippen LogP contribution in [0.3, 0.4) is 0 Å². The lowest BCUT2D eigenvalue weighted by molar-refractivity contribution is -0.118. The average Bonchev–Trinajstić information content (AvgIpc) is 2.54. The van der Waals surface area contributed by atoms with Gasteiger partial charge in [0, 0.05) is 33.1 Å². The van der Waals surface area contributed by atoms with Crippen LogP contribution in [0, 0.1) is 11.6 Å². The summed E-state index contributed by atoms with van der Waals surface area (Å²) in [6.07, 6.45) is 1.98. The molecule has 0 radical (unpaired) electrons. The van der Waals surface area contributed by atoms with Gasteiger partial charge in [0.15, 0.2) is 5.82 Å². The van der Waals surface area contributed by atoms with E-state index in [0.29, 0.717) is 31.3 Å². The van der Waals surface area contributed by atoms with Crippen molar-refractivity contribution in [3.63, 3.8) is 0 Å². The van der Waals surface area contributed by atoms with E-state index in [1.165, 1.54) is 13.1 Å². The molecule has 1 heterocycles. The van der Waals surface area contributed by atoms with Crippen molar-refractivity contribution in [3.05, 3.63) is 51.4 Å². The van der Waals surface area contributed by atoms with Crippen LogP contribution in [-0.4, -0.2) is 35.8 Å². The van der Waals surface area contributed by atoms with Gasteiger partial charge in [-0.05, 0) is 18.6 Å². The van der Waals surface area contributed by atoms with Crippen molar-refractivity contribution < 1.29 is 13.6 Å². The summed E-state index contributed by atoms with van der Waals surface area (Å²) < 4.78 is 27.6. The van der Waals surface area contributed by atoms with Crippen LogP contribution in [0.15, 0.2) is 29.2 Å². The maximum Gasteiger partial charge on any atom is 0.292 e. The van der Waals surface area contributed by atoms with Crippen LogP contribution in [0.4, 0.5) is 14.5 Å². The number of benzene rings is 1. The van der Waals surface area contributed by atoms with Crippen molar-refractivity contribution in [2.75, 3.05) is 25.0 Å². The molecule has 1 amide bonds. The topological polar surface area (TPSA) is 67.2 Å². The number of rotatable bonds is 6. The standard InChI is InChI=1S/C16H17ClF2N4O2/c1-10(24)20-6-3-7-22(2)14-9-21-23(16(25)15(14)17)13-5-4-11(18)8-12(13)19/h4-5,8-9H,3,6-7H2,1-2H3,(H,20,24). The van der Waals surface area contributed by atoms with E-state index in [1.807, 2.05) is 0 Å². The minimum Gasteiger partial charge on any atom is -0.372 e. The van der Waals surface area contributed by atoms with E-state index in [0.717, 1.165) is 16.8 Å². The number of carbonyl (C=O) groups excluding carboxylic acids is 1. The molecule has 1 aromatic carbocycles. The summed E-state index contributed by atoms with van der Waals surface area (Å²) in [7, 11) is 1.72. The predicted molar refractivity (Wildman–Crippen MR) is 91.3 cm³/mol. The molecule has 0 aliphatic rings. The van der Waals surface area contributed by atoms with E-state index in [-0.39, 0.29) is 16.6 Å². The molecule has 9 heteroatoms. The first-order valence-corrected chi connectivity index (χ1v) is 7.88. The van der Waals surface area contributed by atoms with Crippen LogP contribution < -0.4 is 15.8 Å². The summed E-state index contributed by atoms with van der Waals surface area (Å²) >= 11 is 6.11. The number of anilines is 1. The fourth-order valence-corrected chi connectivity index (χ4v) is 2.49. The maximum absolute atomic E-state index is 13.9. The second kappa shape index (κ2) is 8.06. The lowest BCUT2D eigenvalue weighted by Gasteiger charge is -2.20. The number of hydrogen-bond donors (Lipinski definition) is 1. The Morgan fingerprint density at radius 1 is 1.40 bits per heavy atom. The highest BCUT2D eigenvalue weighted by Gasteiger charge is 2.16. The summed E-state index contributed by atoms with van der Waals surface area (Å²) in [6, 6.07) is 2.81. The van der Waals surface area contributed by atoms with Crippen LogP contribution in [0.25, 0.3) is 5.69 Å². The third-order valence-electron chi connectivity index (χ3n) is 3.49. The van der Waals surface area contributed by atoms with Gasteiger partial charge in [-0.1, -0.05) is 11.6 Å². The highest BCUT2D eigenvalue weighted by atomic mass is 35.5. The Labute approximate surface area is 148 Å². The fourth-order valence-electron chi connectivity index (χ4n) is 2.22. The van der Waals surface area contributed by atoms with Gasteiger partial charge in [0.1, 0.15) is 16.5 Å². The number of carbonyl (C=O) groups is 1. The average molecular weight is 371 g/mol. The summed E-state index contributed by atoms with van der Waals surface area (Å²) in [5, 5.41) is 6.47. The number of nitrogens with one attached hydrogen (secondary N) is 1. The molecular formula is C16H17ClF2N4O2. The Balaban J connectivity index is 2.22. The molecule has 1 aromatic heterocycles. The molecule has 0 aliphatic heterocycles. The van der Waals surface area contributed by atoms with Crippen molar-refractivity contribution in [2.24, 2.45) is 0 Å². The molecule has 134 valence electrons. The van der Waals surface area contributed by atoms with Crippen molar-refractivity contribution in [2.45, 2.75) is 13.3 Å². The second-order valence-corrected chi connectivity index (χ2v) is 5.79. The molecule has 0 saturated carbocycles. The van der Waals surface area contributed by atoms with Gasteiger partial charge in [0.2, 0.25) is 5.91 Å². The molecule has 6 nitrogen and oxygen atoms in total. The highest BCUT2D eigenvalue weighted by Crippen LogP contribution is 2.21. The van der Waals surface area contributed by atoms with Crippen molar-refractivity contribution >= 4 is 23.2 Å². The molecule has 0 fully saturated rings. The summed E-state index contributed by atoms with van der Waals surface area (Å²) in [6.45, 7) is 2.44. The monoisotopic (exact) mass is 370 g/mol. The Morgan fingerprint density at radius 3 is 2.76 bits per heavy atom. The first-order chi connectivity index (χ1) is 11.8. The van der Waals surface area contributed by atoms with Crippen molar-refractivity contribution in [3.8, 4) is 5.69 Å². The van der Waals surface area contributed by atoms with Crippen LogP contribution in [-0.2, 0) is 4.79 Å². The first kappa shape index (κ1) is 18.9. The lowest BCUT2D eigenvalue weighted by Crippen LogP contribution is -2.29. The van der Waals surface area contributed by atoms with Gasteiger partial charge >= 0.3 is 0 Å². The van der Waals surface area contributed by atoms with E-state index >= 15 is 0 Å². The van der Waals surface area contributed by atoms with Gasteiger partial charge in [-0.15, -0.1) is 0 Å². The van der Waals surface area contributed by atoms with Gasteiger partial charge in [-0.2, -0.15) is 9.78 Å². The van der Waals surface area contributed by atoms with Gasteiger partial charge in [-0.25, -0.2) is 8.78 Å². The number of hydrogen-bond acceptors (Lipinski definition) is 4. The summed E-state index contributed by atoms with van der Waals surface area (Å²) in [4.78, 5) is 24.9. The van der Waals surface area contributed by atoms with Crippen LogP contribution in [0.1, 0.15) is 13.3 Å². The van der Waals surface area contributed by atoms with E-state index in [9.17, 15) is 18.4 Å². The van der Waals surface area contributed by atoms with E-state index in [2.05, 4.69) is 10.4 Å². The van der Waals surface area contributed by atoms with Gasteiger partial charge in [0.05, 0.1) is 11.9 Å². The fraction of sp³-hybridized carbons (Fsp3) is 0.312. The Bertz CT molecular complexity index is 841. The van der Waals surface area contributed by atoms with E-state index in [1.54, 1.807) is 11.9 Å². The van der Waals surface area contributed by atoms with Crippen LogP contribution in [0.2, 0.25) is 5.02 Å². The molecule has 0 atom stereocenters. The van der Waals surface area contributed by atoms with Crippen LogP contribution >= 0.6 is 11.6 Å². The van der Waals surface area contributed by atoms with Gasteiger partial charge < -0.3 is 10.2 Å². The van der Waals surface area contributed by atoms with E-state index < -0.39 is 17.2 Å². The maximum atomic E-state index is 13.9. The van der Waals surface area contributed by atoms with Crippen molar-refractivity contribution in [1.82, 2.24) is 15.1 Å². The molecule has 0 saturated heterocycles. The third-order valence-corrected chi connectivity index (χ3v) is 3.85. The van der Waals surface area contributed by atoms with E-state index in [4.69, 9.17) is 11.6 Å². The normalized spacial score (nSPS) is 10.6. The third kappa shape index (κ3) is 4.54. The quantitative estimate of drug-likeness (QED) is 0.791. The second-order valence-electron chi connectivity index (χ2n) is 5.41. The molecule has 0 spiro atoms. The summed E-state index contributed by atoms with van der Waals surface area (Å²) in [5.41, 5.74) is -0.514. The number of halogens is 3. The van der Waals surface area contributed by atoms with Gasteiger partial charge in [0.25, 0.3) is 5.56 Å². The molecule has 0 unspecified atom stereocenters. The molecule has 0 bridgehead atoms. The van der Waals surface area contributed by atoms with Crippen molar-refractivity contribution in [1.29, 1.82) is 0 Å². The summed E-state index contributed by atoms with van der Waals surface area (Å²) in [5.74, 6) is -1.79. The zero-order chi connectivity index (χ0) is 18.6. The number of amides is 1. The minimum absolute atomic E-state index is 0.119. The molecule has 0 aliphatic carbocycles. The number of aromatic nitrogens is 2. The minimum atomic E-state index is -0.915. The molecule has 25 heavy (non-hydrogen) atoms. The smallest absolute Gasteiger partial charge is 0.292 e. The zero-order valence-corrected chi connectivity index (χ0v) is 14.5. The largest absolute Gasteiger partial charge is 0.372 e.